The molecule has 56 valence electrons. The van der Waals surface area contributed by atoms with E-state index in [0.717, 1.165) is 6.54 Å². The summed E-state index contributed by atoms with van der Waals surface area (Å²) in [6.07, 6.45) is 0. The van der Waals surface area contributed by atoms with Crippen LogP contribution >= 0.6 is 0 Å². The van der Waals surface area contributed by atoms with Crippen LogP contribution in [0.4, 0.5) is 0 Å². The summed E-state index contributed by atoms with van der Waals surface area (Å²) in [7, 11) is 3.95. The Kier molecular flexibility index (Phi) is 14.8. The molecule has 0 aliphatic heterocycles. The van der Waals surface area contributed by atoms with Crippen LogP contribution in [0.2, 0.25) is 0 Å². The van der Waals surface area contributed by atoms with Crippen LogP contribution in [0.3, 0.4) is 0 Å². The minimum atomic E-state index is -0.132. The molecular weight excluding hydrogens is 157 g/mol. The van der Waals surface area contributed by atoms with E-state index in [9.17, 15) is 5.11 Å². The molecule has 0 fully saturated rings. The molecule has 0 saturated carbocycles. The van der Waals surface area contributed by atoms with Gasteiger partial charge in [0.25, 0.3) is 0 Å². The third-order valence-corrected chi connectivity index (χ3v) is 0.911. The maximum absolute atomic E-state index is 9.84. The van der Waals surface area contributed by atoms with Gasteiger partial charge in [0.05, 0.1) is 6.61 Å². The van der Waals surface area contributed by atoms with Crippen molar-refractivity contribution in [1.82, 2.24) is 4.90 Å². The van der Waals surface area contributed by atoms with Crippen molar-refractivity contribution in [3.63, 3.8) is 0 Å². The summed E-state index contributed by atoms with van der Waals surface area (Å²) in [4.78, 5) is 2.02. The fraction of sp³-hybridized carbons (Fsp3) is 1.00. The van der Waals surface area contributed by atoms with Crippen molar-refractivity contribution in [2.75, 3.05) is 40.5 Å². The third kappa shape index (κ3) is 12.2. The topological polar surface area (TPSA) is 35.5 Å². The summed E-state index contributed by atoms with van der Waals surface area (Å²) in [5, 5.41) is 9.84. The second-order valence-corrected chi connectivity index (χ2v) is 2.12. The van der Waals surface area contributed by atoms with Crippen LogP contribution in [0.5, 0.6) is 0 Å². The van der Waals surface area contributed by atoms with E-state index >= 15 is 0 Å². The maximum Gasteiger partial charge on any atom is 1.00 e. The third-order valence-electron chi connectivity index (χ3n) is 0.911. The van der Waals surface area contributed by atoms with Crippen molar-refractivity contribution in [2.24, 2.45) is 0 Å². The zero-order valence-electron chi connectivity index (χ0n) is 7.09. The molecule has 0 aromatic rings. The molecule has 0 N–H and O–H groups in total. The minimum Gasteiger partial charge on any atom is -0.853 e. The number of nitrogens with zero attached hydrogens (tertiary/aromatic N) is 1. The Balaban J connectivity index is 0. The molecule has 4 heteroatoms. The van der Waals surface area contributed by atoms with Gasteiger partial charge >= 0.3 is 51.4 Å². The SMILES string of the molecule is CN(C)CCOCC[O-].[K+]. The van der Waals surface area contributed by atoms with Gasteiger partial charge in [0, 0.05) is 13.2 Å². The minimum absolute atomic E-state index is 0. The summed E-state index contributed by atoms with van der Waals surface area (Å²) in [6, 6.07) is 0. The molecular formula is C6H14KNO2. The number of likely N-dealkylation sites (N-methyl/N-ethyl adjacent to an activating group) is 1. The second kappa shape index (κ2) is 10.5. The first-order chi connectivity index (χ1) is 4.27. The van der Waals surface area contributed by atoms with E-state index in [1.165, 1.54) is 0 Å². The molecule has 0 aromatic carbocycles. The predicted octanol–water partition coefficient (Wildman–Crippen LogP) is -4.07. The molecule has 3 nitrogen and oxygen atoms in total. The van der Waals surface area contributed by atoms with Gasteiger partial charge in [-0.1, -0.05) is 0 Å². The van der Waals surface area contributed by atoms with Crippen LogP contribution in [-0.4, -0.2) is 45.4 Å². The first-order valence-electron chi connectivity index (χ1n) is 3.08. The molecule has 0 rings (SSSR count). The number of rotatable bonds is 5. The zero-order chi connectivity index (χ0) is 7.11. The van der Waals surface area contributed by atoms with Crippen LogP contribution in [-0.2, 0) is 4.74 Å². The smallest absolute Gasteiger partial charge is 0.853 e. The Labute approximate surface area is 105 Å². The van der Waals surface area contributed by atoms with Gasteiger partial charge in [0.2, 0.25) is 0 Å². The quantitative estimate of drug-likeness (QED) is 0.312. The molecule has 0 saturated heterocycles. The van der Waals surface area contributed by atoms with Crippen LogP contribution < -0.4 is 56.5 Å². The molecule has 0 spiro atoms. The first-order valence-corrected chi connectivity index (χ1v) is 3.08. The molecule has 0 aliphatic rings. The molecule has 0 radical (unpaired) electrons. The Morgan fingerprint density at radius 3 is 2.30 bits per heavy atom. The fourth-order valence-electron chi connectivity index (χ4n) is 0.408. The Morgan fingerprint density at radius 1 is 1.30 bits per heavy atom. The van der Waals surface area contributed by atoms with Gasteiger partial charge < -0.3 is 14.7 Å². The Morgan fingerprint density at radius 2 is 1.90 bits per heavy atom. The number of hydrogen-bond donors (Lipinski definition) is 0. The van der Waals surface area contributed by atoms with Crippen LogP contribution in [0.15, 0.2) is 0 Å². The van der Waals surface area contributed by atoms with Crippen LogP contribution in [0, 0.1) is 0 Å². The maximum atomic E-state index is 9.84. The van der Waals surface area contributed by atoms with E-state index in [-0.39, 0.29) is 58.0 Å². The van der Waals surface area contributed by atoms with Crippen molar-refractivity contribution in [2.45, 2.75) is 0 Å². The van der Waals surface area contributed by atoms with Gasteiger partial charge in [0.15, 0.2) is 0 Å². The summed E-state index contributed by atoms with van der Waals surface area (Å²) < 4.78 is 4.94. The number of ether oxygens (including phenoxy) is 1. The van der Waals surface area contributed by atoms with E-state index in [1.54, 1.807) is 0 Å². The van der Waals surface area contributed by atoms with E-state index in [1.807, 2.05) is 19.0 Å². The molecule has 0 amide bonds. The summed E-state index contributed by atoms with van der Waals surface area (Å²) in [5.41, 5.74) is 0. The monoisotopic (exact) mass is 171 g/mol. The largest absolute Gasteiger partial charge is 1.00 e. The molecule has 0 unspecified atom stereocenters. The summed E-state index contributed by atoms with van der Waals surface area (Å²) in [6.45, 7) is 1.76. The van der Waals surface area contributed by atoms with Crippen molar-refractivity contribution < 1.29 is 61.2 Å². The summed E-state index contributed by atoms with van der Waals surface area (Å²) in [5.74, 6) is 0. The first kappa shape index (κ1) is 14.1. The molecule has 0 aromatic heterocycles. The average molecular weight is 171 g/mol. The normalized spacial score (nSPS) is 9.60. The van der Waals surface area contributed by atoms with Crippen LogP contribution in [0.25, 0.3) is 0 Å². The Hall–Kier alpha value is 1.52. The van der Waals surface area contributed by atoms with Crippen molar-refractivity contribution in [1.29, 1.82) is 0 Å². The van der Waals surface area contributed by atoms with Crippen LogP contribution in [0.1, 0.15) is 0 Å². The van der Waals surface area contributed by atoms with E-state index in [4.69, 9.17) is 4.74 Å². The fourth-order valence-corrected chi connectivity index (χ4v) is 0.408. The van der Waals surface area contributed by atoms with E-state index in [2.05, 4.69) is 0 Å². The van der Waals surface area contributed by atoms with Gasteiger partial charge in [-0.25, -0.2) is 0 Å². The van der Waals surface area contributed by atoms with E-state index < -0.39 is 0 Å². The predicted molar refractivity (Wildman–Crippen MR) is 34.2 cm³/mol. The van der Waals surface area contributed by atoms with Crippen molar-refractivity contribution in [3.8, 4) is 0 Å². The van der Waals surface area contributed by atoms with Crippen molar-refractivity contribution in [3.05, 3.63) is 0 Å². The van der Waals surface area contributed by atoms with Gasteiger partial charge in [-0.05, 0) is 14.1 Å². The average Bonchev–Trinajstić information content (AvgIpc) is 1.80. The standard InChI is InChI=1S/C6H14NO2.K/c1-7(2)3-5-9-6-4-8;/h3-6H2,1-2H3;/q-1;+1. The molecule has 0 atom stereocenters. The van der Waals surface area contributed by atoms with Gasteiger partial charge in [-0.15, -0.1) is 6.61 Å². The van der Waals surface area contributed by atoms with Crippen molar-refractivity contribution >= 4 is 0 Å². The van der Waals surface area contributed by atoms with Gasteiger partial charge in [0.1, 0.15) is 0 Å². The summed E-state index contributed by atoms with van der Waals surface area (Å²) >= 11 is 0. The van der Waals surface area contributed by atoms with E-state index in [0.29, 0.717) is 13.2 Å². The van der Waals surface area contributed by atoms with Gasteiger partial charge in [-0.2, -0.15) is 0 Å². The second-order valence-electron chi connectivity index (χ2n) is 2.12. The molecule has 0 aliphatic carbocycles. The number of hydrogen-bond acceptors (Lipinski definition) is 3. The Bertz CT molecular complexity index is 61.7. The molecule has 10 heavy (non-hydrogen) atoms. The molecule has 0 heterocycles. The molecule has 0 bridgehead atoms. The zero-order valence-corrected chi connectivity index (χ0v) is 10.2. The van der Waals surface area contributed by atoms with Gasteiger partial charge in [-0.3, -0.25) is 0 Å².